The molecule has 4 heteroatoms. The largest absolute Gasteiger partial charge is 0.491 e. The summed E-state index contributed by atoms with van der Waals surface area (Å²) in [6.07, 6.45) is 0. The van der Waals surface area contributed by atoms with Crippen molar-refractivity contribution >= 4 is 15.9 Å². The van der Waals surface area contributed by atoms with E-state index < -0.39 is 11.6 Å². The second kappa shape index (κ2) is 5.91. The van der Waals surface area contributed by atoms with Gasteiger partial charge in [0.25, 0.3) is 0 Å². The third-order valence-electron chi connectivity index (χ3n) is 1.17. The molecule has 0 atom stereocenters. The number of methoxy groups -OCH3 is 1. The Bertz CT molecular complexity index is 253. The Balaban J connectivity index is 0.000000671. The normalized spacial score (nSPS) is 8.77. The highest BCUT2D eigenvalue weighted by Crippen LogP contribution is 2.24. The molecule has 0 bridgehead atoms. The lowest BCUT2D eigenvalue weighted by Gasteiger charge is -2.02. The molecule has 1 rings (SSSR count). The Morgan fingerprint density at radius 1 is 1.15 bits per heavy atom. The van der Waals surface area contributed by atoms with Gasteiger partial charge in [0.2, 0.25) is 0 Å². The summed E-state index contributed by atoms with van der Waals surface area (Å²) in [6, 6.07) is 2.28. The molecule has 0 aliphatic rings. The molecule has 0 saturated heterocycles. The summed E-state index contributed by atoms with van der Waals surface area (Å²) in [6.45, 7) is 4.00. The van der Waals surface area contributed by atoms with Gasteiger partial charge in [0.05, 0.1) is 7.11 Å². The summed E-state index contributed by atoms with van der Waals surface area (Å²) < 4.78 is 30.2. The molecule has 74 valence electrons. The van der Waals surface area contributed by atoms with Crippen LogP contribution in [0.1, 0.15) is 13.8 Å². The van der Waals surface area contributed by atoms with Crippen molar-refractivity contribution in [2.24, 2.45) is 0 Å². The molecule has 13 heavy (non-hydrogen) atoms. The molecule has 0 radical (unpaired) electrons. The van der Waals surface area contributed by atoms with Crippen molar-refractivity contribution in [1.29, 1.82) is 0 Å². The zero-order chi connectivity index (χ0) is 10.4. The lowest BCUT2D eigenvalue weighted by atomic mass is 10.3. The van der Waals surface area contributed by atoms with Crippen LogP contribution in [-0.4, -0.2) is 7.11 Å². The molecular formula is C9H11BrF2O. The molecular weight excluding hydrogens is 242 g/mol. The molecule has 0 aromatic heterocycles. The minimum Gasteiger partial charge on any atom is -0.491 e. The van der Waals surface area contributed by atoms with E-state index in [1.54, 1.807) is 0 Å². The molecule has 1 nitrogen and oxygen atoms in total. The topological polar surface area (TPSA) is 9.23 Å². The second-order valence-electron chi connectivity index (χ2n) is 1.90. The van der Waals surface area contributed by atoms with Gasteiger partial charge in [0.1, 0.15) is 0 Å². The molecule has 0 heterocycles. The maximum atomic E-state index is 12.7. The number of rotatable bonds is 1. The molecule has 0 spiro atoms. The average Bonchev–Trinajstić information content (AvgIpc) is 2.07. The highest BCUT2D eigenvalue weighted by Gasteiger charge is 2.09. The second-order valence-corrected chi connectivity index (χ2v) is 2.82. The molecule has 0 N–H and O–H groups in total. The van der Waals surface area contributed by atoms with Gasteiger partial charge in [-0.05, 0) is 12.1 Å². The Morgan fingerprint density at radius 2 is 1.54 bits per heavy atom. The van der Waals surface area contributed by atoms with Crippen molar-refractivity contribution in [2.45, 2.75) is 13.8 Å². The predicted octanol–water partition coefficient (Wildman–Crippen LogP) is 3.76. The lowest BCUT2D eigenvalue weighted by Crippen LogP contribution is -1.91. The van der Waals surface area contributed by atoms with Crippen molar-refractivity contribution in [3.8, 4) is 5.75 Å². The van der Waals surface area contributed by atoms with E-state index in [-0.39, 0.29) is 5.75 Å². The standard InChI is InChI=1S/C7H5BrF2O.C2H6/c1-11-7-5(9)2-4(8)3-6(7)10;1-2/h2-3H,1H3;1-2H3. The van der Waals surface area contributed by atoms with Crippen molar-refractivity contribution in [3.05, 3.63) is 28.2 Å². The van der Waals surface area contributed by atoms with Crippen LogP contribution in [0.5, 0.6) is 5.75 Å². The Hall–Kier alpha value is -0.640. The van der Waals surface area contributed by atoms with Gasteiger partial charge in [-0.2, -0.15) is 0 Å². The van der Waals surface area contributed by atoms with E-state index in [1.165, 1.54) is 7.11 Å². The van der Waals surface area contributed by atoms with E-state index in [0.29, 0.717) is 4.47 Å². The maximum absolute atomic E-state index is 12.7. The summed E-state index contributed by atoms with van der Waals surface area (Å²) in [5, 5.41) is 0. The SMILES string of the molecule is CC.COc1c(F)cc(Br)cc1F. The van der Waals surface area contributed by atoms with Crippen LogP contribution in [-0.2, 0) is 0 Å². The molecule has 1 aromatic rings. The predicted molar refractivity (Wildman–Crippen MR) is 52.0 cm³/mol. The van der Waals surface area contributed by atoms with E-state index >= 15 is 0 Å². The van der Waals surface area contributed by atoms with Gasteiger partial charge in [-0.3, -0.25) is 0 Å². The number of hydrogen-bond donors (Lipinski definition) is 0. The first kappa shape index (κ1) is 12.4. The molecule has 0 aliphatic carbocycles. The smallest absolute Gasteiger partial charge is 0.190 e. The van der Waals surface area contributed by atoms with Crippen LogP contribution in [0.2, 0.25) is 0 Å². The zero-order valence-corrected chi connectivity index (χ0v) is 9.28. The molecule has 0 unspecified atom stereocenters. The molecule has 0 saturated carbocycles. The maximum Gasteiger partial charge on any atom is 0.190 e. The number of ether oxygens (including phenoxy) is 1. The van der Waals surface area contributed by atoms with Gasteiger partial charge in [-0.1, -0.05) is 29.8 Å². The minimum absolute atomic E-state index is 0.354. The van der Waals surface area contributed by atoms with Crippen LogP contribution >= 0.6 is 15.9 Å². The highest BCUT2D eigenvalue weighted by atomic mass is 79.9. The first-order valence-electron chi connectivity index (χ1n) is 3.83. The summed E-state index contributed by atoms with van der Waals surface area (Å²) in [7, 11) is 1.22. The van der Waals surface area contributed by atoms with Crippen LogP contribution in [0.15, 0.2) is 16.6 Å². The van der Waals surface area contributed by atoms with E-state index in [4.69, 9.17) is 0 Å². The number of hydrogen-bond acceptors (Lipinski definition) is 1. The number of benzene rings is 1. The van der Waals surface area contributed by atoms with E-state index in [1.807, 2.05) is 13.8 Å². The third kappa shape index (κ3) is 3.30. The van der Waals surface area contributed by atoms with Gasteiger partial charge in [0.15, 0.2) is 17.4 Å². The highest BCUT2D eigenvalue weighted by molar-refractivity contribution is 9.10. The van der Waals surface area contributed by atoms with Gasteiger partial charge >= 0.3 is 0 Å². The first-order chi connectivity index (χ1) is 6.15. The minimum atomic E-state index is -0.709. The Kier molecular flexibility index (Phi) is 5.62. The average molecular weight is 253 g/mol. The Labute approximate surface area is 84.8 Å². The zero-order valence-electron chi connectivity index (χ0n) is 7.70. The van der Waals surface area contributed by atoms with Crippen LogP contribution in [0, 0.1) is 11.6 Å². The monoisotopic (exact) mass is 252 g/mol. The lowest BCUT2D eigenvalue weighted by molar-refractivity contribution is 0.359. The summed E-state index contributed by atoms with van der Waals surface area (Å²) >= 11 is 2.94. The van der Waals surface area contributed by atoms with Gasteiger partial charge < -0.3 is 4.74 Å². The van der Waals surface area contributed by atoms with Gasteiger partial charge in [-0.15, -0.1) is 0 Å². The van der Waals surface area contributed by atoms with Crippen molar-refractivity contribution in [1.82, 2.24) is 0 Å². The van der Waals surface area contributed by atoms with Crippen molar-refractivity contribution in [2.75, 3.05) is 7.11 Å². The fourth-order valence-corrected chi connectivity index (χ4v) is 1.13. The third-order valence-corrected chi connectivity index (χ3v) is 1.63. The molecule has 0 aliphatic heterocycles. The first-order valence-corrected chi connectivity index (χ1v) is 4.63. The summed E-state index contributed by atoms with van der Waals surface area (Å²) in [5.41, 5.74) is 0. The van der Waals surface area contributed by atoms with Crippen molar-refractivity contribution < 1.29 is 13.5 Å². The molecule has 1 aromatic carbocycles. The van der Waals surface area contributed by atoms with Crippen LogP contribution < -0.4 is 4.74 Å². The van der Waals surface area contributed by atoms with E-state index in [9.17, 15) is 8.78 Å². The molecule has 0 fully saturated rings. The van der Waals surface area contributed by atoms with Crippen LogP contribution in [0.25, 0.3) is 0 Å². The summed E-state index contributed by atoms with van der Waals surface area (Å²) in [5.74, 6) is -1.77. The summed E-state index contributed by atoms with van der Waals surface area (Å²) in [4.78, 5) is 0. The van der Waals surface area contributed by atoms with E-state index in [0.717, 1.165) is 12.1 Å². The Morgan fingerprint density at radius 3 is 1.85 bits per heavy atom. The quantitative estimate of drug-likeness (QED) is 0.740. The molecule has 0 amide bonds. The van der Waals surface area contributed by atoms with Crippen LogP contribution in [0.3, 0.4) is 0 Å². The van der Waals surface area contributed by atoms with Crippen molar-refractivity contribution in [3.63, 3.8) is 0 Å². The number of halogens is 3. The van der Waals surface area contributed by atoms with E-state index in [2.05, 4.69) is 20.7 Å². The van der Waals surface area contributed by atoms with Gasteiger partial charge in [-0.25, -0.2) is 8.78 Å². The fourth-order valence-electron chi connectivity index (χ4n) is 0.724. The van der Waals surface area contributed by atoms with Crippen LogP contribution in [0.4, 0.5) is 8.78 Å². The fraction of sp³-hybridized carbons (Fsp3) is 0.333. The van der Waals surface area contributed by atoms with Gasteiger partial charge in [0, 0.05) is 4.47 Å².